The Kier molecular flexibility index (Phi) is 3.71. The standard InChI is InChI=1S/C13H8ClFN4S2/c14-8-2-4-10-12(19-21-18-10)11(8)17-9-3-1-6(15)5-7(9)13(16)20/h1-5,17H,(H2,16,20). The number of benzene rings is 2. The van der Waals surface area contributed by atoms with Crippen molar-refractivity contribution >= 4 is 62.9 Å². The Morgan fingerprint density at radius 2 is 2.10 bits per heavy atom. The van der Waals surface area contributed by atoms with E-state index in [9.17, 15) is 4.39 Å². The molecule has 8 heteroatoms. The molecule has 21 heavy (non-hydrogen) atoms. The number of nitrogens with one attached hydrogen (secondary N) is 1. The lowest BCUT2D eigenvalue weighted by molar-refractivity contribution is 0.628. The third-order valence-electron chi connectivity index (χ3n) is 2.88. The average molecular weight is 339 g/mol. The molecular formula is C13H8ClFN4S2. The Morgan fingerprint density at radius 1 is 1.29 bits per heavy atom. The highest BCUT2D eigenvalue weighted by atomic mass is 35.5. The zero-order chi connectivity index (χ0) is 15.0. The minimum absolute atomic E-state index is 0.0942. The highest BCUT2D eigenvalue weighted by Gasteiger charge is 2.13. The van der Waals surface area contributed by atoms with Crippen molar-refractivity contribution in [2.45, 2.75) is 0 Å². The third kappa shape index (κ3) is 2.67. The first-order valence-corrected chi connectivity index (χ1v) is 7.35. The molecule has 0 radical (unpaired) electrons. The van der Waals surface area contributed by atoms with Crippen LogP contribution >= 0.6 is 35.5 Å². The van der Waals surface area contributed by atoms with Crippen molar-refractivity contribution in [1.82, 2.24) is 8.75 Å². The summed E-state index contributed by atoms with van der Waals surface area (Å²) in [7, 11) is 0. The number of halogens is 2. The molecule has 0 spiro atoms. The average Bonchev–Trinajstić information content (AvgIpc) is 2.92. The van der Waals surface area contributed by atoms with Gasteiger partial charge in [0.25, 0.3) is 0 Å². The molecule has 4 nitrogen and oxygen atoms in total. The van der Waals surface area contributed by atoms with Crippen LogP contribution in [0.1, 0.15) is 5.56 Å². The second-order valence-corrected chi connectivity index (χ2v) is 5.61. The molecule has 3 N–H and O–H groups in total. The summed E-state index contributed by atoms with van der Waals surface area (Å²) in [5, 5.41) is 3.60. The van der Waals surface area contributed by atoms with Gasteiger partial charge in [0.15, 0.2) is 0 Å². The van der Waals surface area contributed by atoms with Crippen molar-refractivity contribution in [3.05, 3.63) is 46.7 Å². The lowest BCUT2D eigenvalue weighted by atomic mass is 10.1. The van der Waals surface area contributed by atoms with Crippen molar-refractivity contribution in [2.24, 2.45) is 5.73 Å². The number of anilines is 2. The maximum Gasteiger partial charge on any atom is 0.129 e. The summed E-state index contributed by atoms with van der Waals surface area (Å²) in [6.07, 6.45) is 0. The molecule has 0 aliphatic carbocycles. The summed E-state index contributed by atoms with van der Waals surface area (Å²) in [5.74, 6) is -0.414. The van der Waals surface area contributed by atoms with Gasteiger partial charge in [-0.05, 0) is 30.3 Å². The normalized spacial score (nSPS) is 10.8. The van der Waals surface area contributed by atoms with E-state index in [2.05, 4.69) is 14.1 Å². The summed E-state index contributed by atoms with van der Waals surface area (Å²) in [4.78, 5) is 0.0942. The Morgan fingerprint density at radius 3 is 2.86 bits per heavy atom. The minimum atomic E-state index is -0.414. The van der Waals surface area contributed by atoms with Gasteiger partial charge in [-0.25, -0.2) is 4.39 Å². The first-order valence-electron chi connectivity index (χ1n) is 5.83. The van der Waals surface area contributed by atoms with Crippen LogP contribution in [0.5, 0.6) is 0 Å². The van der Waals surface area contributed by atoms with Gasteiger partial charge >= 0.3 is 0 Å². The van der Waals surface area contributed by atoms with Crippen molar-refractivity contribution in [2.75, 3.05) is 5.32 Å². The molecule has 3 rings (SSSR count). The number of rotatable bonds is 3. The fourth-order valence-electron chi connectivity index (χ4n) is 1.91. The van der Waals surface area contributed by atoms with Crippen molar-refractivity contribution in [1.29, 1.82) is 0 Å². The molecule has 3 aromatic rings. The molecule has 2 aromatic carbocycles. The maximum atomic E-state index is 13.3. The molecule has 0 aliphatic heterocycles. The molecular weight excluding hydrogens is 331 g/mol. The molecule has 0 saturated heterocycles. The molecule has 106 valence electrons. The Bertz CT molecular complexity index is 849. The lowest BCUT2D eigenvalue weighted by Gasteiger charge is -2.13. The van der Waals surface area contributed by atoms with Crippen LogP contribution in [0.25, 0.3) is 11.0 Å². The Hall–Kier alpha value is -1.83. The van der Waals surface area contributed by atoms with E-state index in [0.29, 0.717) is 27.5 Å². The van der Waals surface area contributed by atoms with Gasteiger partial charge in [-0.3, -0.25) is 0 Å². The summed E-state index contributed by atoms with van der Waals surface area (Å²) < 4.78 is 21.7. The zero-order valence-corrected chi connectivity index (χ0v) is 12.8. The van der Waals surface area contributed by atoms with Gasteiger partial charge in [0.1, 0.15) is 21.8 Å². The number of thiocarbonyl (C=S) groups is 1. The van der Waals surface area contributed by atoms with Crippen LogP contribution in [0, 0.1) is 5.82 Å². The van der Waals surface area contributed by atoms with E-state index in [4.69, 9.17) is 29.6 Å². The van der Waals surface area contributed by atoms with E-state index in [1.807, 2.05) is 0 Å². The maximum absolute atomic E-state index is 13.3. The van der Waals surface area contributed by atoms with E-state index < -0.39 is 5.82 Å². The summed E-state index contributed by atoms with van der Waals surface area (Å²) in [5.41, 5.74) is 8.56. The molecule has 0 bridgehead atoms. The van der Waals surface area contributed by atoms with Crippen LogP contribution in [0.2, 0.25) is 5.02 Å². The summed E-state index contributed by atoms with van der Waals surface area (Å²) in [6, 6.07) is 7.65. The lowest BCUT2D eigenvalue weighted by Crippen LogP contribution is -2.12. The predicted octanol–water partition coefficient (Wildman–Crippen LogP) is 3.86. The van der Waals surface area contributed by atoms with Crippen LogP contribution in [-0.2, 0) is 0 Å². The predicted molar refractivity (Wildman–Crippen MR) is 88.0 cm³/mol. The van der Waals surface area contributed by atoms with E-state index in [0.717, 1.165) is 17.2 Å². The topological polar surface area (TPSA) is 63.8 Å². The second-order valence-electron chi connectivity index (χ2n) is 4.23. The minimum Gasteiger partial charge on any atom is -0.389 e. The Balaban J connectivity index is 2.13. The van der Waals surface area contributed by atoms with Crippen LogP contribution in [0.15, 0.2) is 30.3 Å². The smallest absolute Gasteiger partial charge is 0.129 e. The van der Waals surface area contributed by atoms with Crippen LogP contribution in [0.4, 0.5) is 15.8 Å². The number of nitrogens with two attached hydrogens (primary N) is 1. The van der Waals surface area contributed by atoms with Gasteiger partial charge in [0.2, 0.25) is 0 Å². The van der Waals surface area contributed by atoms with Crippen molar-refractivity contribution in [3.63, 3.8) is 0 Å². The van der Waals surface area contributed by atoms with Crippen LogP contribution in [-0.4, -0.2) is 13.7 Å². The molecule has 1 aromatic heterocycles. The second kappa shape index (κ2) is 5.51. The number of hydrogen-bond donors (Lipinski definition) is 2. The first kappa shape index (κ1) is 14.1. The zero-order valence-electron chi connectivity index (χ0n) is 10.4. The molecule has 0 unspecified atom stereocenters. The van der Waals surface area contributed by atoms with Crippen molar-refractivity contribution < 1.29 is 4.39 Å². The number of aromatic nitrogens is 2. The molecule has 0 fully saturated rings. The molecule has 0 amide bonds. The number of fused-ring (bicyclic) bond motifs is 1. The SMILES string of the molecule is NC(=S)c1cc(F)ccc1Nc1c(Cl)ccc2nsnc12. The highest BCUT2D eigenvalue weighted by molar-refractivity contribution is 7.80. The molecule has 0 saturated carbocycles. The van der Waals surface area contributed by atoms with Gasteiger partial charge in [-0.15, -0.1) is 0 Å². The Labute approximate surface area is 134 Å². The van der Waals surface area contributed by atoms with E-state index in [1.54, 1.807) is 18.2 Å². The van der Waals surface area contributed by atoms with E-state index in [-0.39, 0.29) is 4.99 Å². The number of hydrogen-bond acceptors (Lipinski definition) is 5. The highest BCUT2D eigenvalue weighted by Crippen LogP contribution is 2.33. The van der Waals surface area contributed by atoms with E-state index >= 15 is 0 Å². The van der Waals surface area contributed by atoms with Crippen LogP contribution in [0.3, 0.4) is 0 Å². The fourth-order valence-corrected chi connectivity index (χ4v) is 2.82. The van der Waals surface area contributed by atoms with Crippen molar-refractivity contribution in [3.8, 4) is 0 Å². The van der Waals surface area contributed by atoms with Gasteiger partial charge in [0.05, 0.1) is 22.4 Å². The van der Waals surface area contributed by atoms with Gasteiger partial charge in [0, 0.05) is 11.3 Å². The quantitative estimate of drug-likeness (QED) is 0.710. The third-order valence-corrected chi connectivity index (χ3v) is 3.96. The fraction of sp³-hybridized carbons (Fsp3) is 0. The van der Waals surface area contributed by atoms with Gasteiger partial charge in [-0.1, -0.05) is 23.8 Å². The molecule has 0 atom stereocenters. The molecule has 1 heterocycles. The monoisotopic (exact) mass is 338 g/mol. The first-order chi connectivity index (χ1) is 10.1. The van der Waals surface area contributed by atoms with Gasteiger partial charge < -0.3 is 11.1 Å². The largest absolute Gasteiger partial charge is 0.389 e. The van der Waals surface area contributed by atoms with E-state index in [1.165, 1.54) is 12.1 Å². The summed E-state index contributed by atoms with van der Waals surface area (Å²) in [6.45, 7) is 0. The van der Waals surface area contributed by atoms with Gasteiger partial charge in [-0.2, -0.15) is 8.75 Å². The summed E-state index contributed by atoms with van der Waals surface area (Å²) >= 11 is 12.2. The van der Waals surface area contributed by atoms with Crippen LogP contribution < -0.4 is 11.1 Å². The number of nitrogens with zero attached hydrogens (tertiary/aromatic N) is 2. The molecule has 0 aliphatic rings.